The van der Waals surface area contributed by atoms with Gasteiger partial charge in [0.15, 0.2) is 15.7 Å². The van der Waals surface area contributed by atoms with Crippen LogP contribution in [0.4, 0.5) is 0 Å². The van der Waals surface area contributed by atoms with Crippen LogP contribution in [0.1, 0.15) is 31.9 Å². The van der Waals surface area contributed by atoms with Crippen molar-refractivity contribution in [3.63, 3.8) is 0 Å². The maximum absolute atomic E-state index is 11.5. The van der Waals surface area contributed by atoms with Gasteiger partial charge >= 0.3 is 0 Å². The van der Waals surface area contributed by atoms with Gasteiger partial charge < -0.3 is 4.90 Å². The molecule has 1 fully saturated rings. The standard InChI is InChI=1S/C13H24N4O2S/c1-10(2)8-13-14-12(15-16-13)4-6-17(3)11-5-7-20(18,19)9-11/h10-11H,4-9H2,1-3H3,(H,14,15,16)/t11-/m1/s1. The van der Waals surface area contributed by atoms with Crippen molar-refractivity contribution in [2.45, 2.75) is 39.2 Å². The highest BCUT2D eigenvalue weighted by Crippen LogP contribution is 2.16. The maximum atomic E-state index is 11.5. The minimum atomic E-state index is -2.81. The molecule has 2 heterocycles. The van der Waals surface area contributed by atoms with Crippen LogP contribution in [-0.2, 0) is 22.7 Å². The normalized spacial score (nSPS) is 21.9. The number of likely N-dealkylation sites (N-methyl/N-ethyl adjacent to an activating group) is 1. The molecular weight excluding hydrogens is 276 g/mol. The Bertz CT molecular complexity index is 538. The molecule has 2 rings (SSSR count). The molecule has 0 spiro atoms. The van der Waals surface area contributed by atoms with Crippen LogP contribution in [0, 0.1) is 5.92 Å². The molecule has 0 amide bonds. The molecule has 1 aromatic heterocycles. The minimum absolute atomic E-state index is 0.147. The first-order chi connectivity index (χ1) is 9.35. The van der Waals surface area contributed by atoms with Crippen molar-refractivity contribution in [1.82, 2.24) is 20.1 Å². The summed E-state index contributed by atoms with van der Waals surface area (Å²) in [5.74, 6) is 2.91. The third kappa shape index (κ3) is 4.28. The molecule has 1 N–H and O–H groups in total. The zero-order valence-electron chi connectivity index (χ0n) is 12.5. The lowest BCUT2D eigenvalue weighted by Crippen LogP contribution is -2.34. The van der Waals surface area contributed by atoms with Crippen molar-refractivity contribution in [1.29, 1.82) is 0 Å². The first-order valence-electron chi connectivity index (χ1n) is 7.16. The molecule has 114 valence electrons. The van der Waals surface area contributed by atoms with E-state index < -0.39 is 9.84 Å². The number of nitrogens with one attached hydrogen (secondary N) is 1. The topological polar surface area (TPSA) is 79.0 Å². The van der Waals surface area contributed by atoms with Crippen LogP contribution in [0.2, 0.25) is 0 Å². The highest BCUT2D eigenvalue weighted by Gasteiger charge is 2.30. The molecular formula is C13H24N4O2S. The van der Waals surface area contributed by atoms with Crippen molar-refractivity contribution >= 4 is 9.84 Å². The van der Waals surface area contributed by atoms with Crippen LogP contribution in [0.5, 0.6) is 0 Å². The first-order valence-corrected chi connectivity index (χ1v) is 8.98. The SMILES string of the molecule is CC(C)Cc1nc(CCN(C)[C@@H]2CCS(=O)(=O)C2)n[nH]1. The van der Waals surface area contributed by atoms with Gasteiger partial charge in [-0.3, -0.25) is 5.10 Å². The zero-order valence-corrected chi connectivity index (χ0v) is 13.3. The number of aromatic nitrogens is 3. The van der Waals surface area contributed by atoms with E-state index in [-0.39, 0.29) is 11.8 Å². The number of nitrogens with zero attached hydrogens (tertiary/aromatic N) is 3. The van der Waals surface area contributed by atoms with E-state index in [1.807, 2.05) is 7.05 Å². The van der Waals surface area contributed by atoms with E-state index in [2.05, 4.69) is 33.9 Å². The predicted octanol–water partition coefficient (Wildman–Crippen LogP) is 0.665. The Hall–Kier alpha value is -0.950. The summed E-state index contributed by atoms with van der Waals surface area (Å²) in [7, 11) is -0.833. The van der Waals surface area contributed by atoms with Crippen LogP contribution in [-0.4, -0.2) is 59.6 Å². The first kappa shape index (κ1) is 15.4. The minimum Gasteiger partial charge on any atom is -0.302 e. The monoisotopic (exact) mass is 300 g/mol. The van der Waals surface area contributed by atoms with Gasteiger partial charge in [0, 0.05) is 25.4 Å². The van der Waals surface area contributed by atoms with E-state index in [1.165, 1.54) is 0 Å². The molecule has 1 aliphatic heterocycles. The summed E-state index contributed by atoms with van der Waals surface area (Å²) in [6.07, 6.45) is 2.40. The van der Waals surface area contributed by atoms with Crippen LogP contribution >= 0.6 is 0 Å². The van der Waals surface area contributed by atoms with Gasteiger partial charge in [-0.25, -0.2) is 13.4 Å². The van der Waals surface area contributed by atoms with Gasteiger partial charge in [-0.05, 0) is 19.4 Å². The Balaban J connectivity index is 1.81. The van der Waals surface area contributed by atoms with E-state index in [0.717, 1.165) is 37.5 Å². The molecule has 1 atom stereocenters. The van der Waals surface area contributed by atoms with Crippen molar-refractivity contribution in [3.05, 3.63) is 11.6 Å². The van der Waals surface area contributed by atoms with E-state index in [0.29, 0.717) is 11.7 Å². The van der Waals surface area contributed by atoms with Crippen LogP contribution in [0.15, 0.2) is 0 Å². The Morgan fingerprint density at radius 1 is 1.45 bits per heavy atom. The van der Waals surface area contributed by atoms with E-state index >= 15 is 0 Å². The van der Waals surface area contributed by atoms with Gasteiger partial charge in [0.2, 0.25) is 0 Å². The summed E-state index contributed by atoms with van der Waals surface area (Å²) < 4.78 is 22.9. The smallest absolute Gasteiger partial charge is 0.151 e. The lowest BCUT2D eigenvalue weighted by atomic mass is 10.1. The average Bonchev–Trinajstić information content (AvgIpc) is 2.92. The molecule has 0 aromatic carbocycles. The van der Waals surface area contributed by atoms with Crippen molar-refractivity contribution in [2.75, 3.05) is 25.1 Å². The van der Waals surface area contributed by atoms with Gasteiger partial charge in [0.25, 0.3) is 0 Å². The van der Waals surface area contributed by atoms with E-state index in [1.54, 1.807) is 0 Å². The summed E-state index contributed by atoms with van der Waals surface area (Å²) in [6, 6.07) is 0.147. The molecule has 1 aliphatic rings. The second-order valence-corrected chi connectivity index (χ2v) is 8.31. The fourth-order valence-electron chi connectivity index (χ4n) is 2.51. The molecule has 0 radical (unpaired) electrons. The zero-order chi connectivity index (χ0) is 14.8. The van der Waals surface area contributed by atoms with Gasteiger partial charge in [0.05, 0.1) is 11.5 Å². The summed E-state index contributed by atoms with van der Waals surface area (Å²) in [5, 5.41) is 7.18. The van der Waals surface area contributed by atoms with Gasteiger partial charge in [-0.15, -0.1) is 0 Å². The van der Waals surface area contributed by atoms with Crippen LogP contribution in [0.3, 0.4) is 0 Å². The molecule has 0 saturated carbocycles. The van der Waals surface area contributed by atoms with E-state index in [9.17, 15) is 8.42 Å². The van der Waals surface area contributed by atoms with Gasteiger partial charge in [-0.2, -0.15) is 5.10 Å². The fourth-order valence-corrected chi connectivity index (χ4v) is 4.31. The number of hydrogen-bond donors (Lipinski definition) is 1. The Kier molecular flexibility index (Phi) is 4.80. The molecule has 1 aromatic rings. The number of aromatic amines is 1. The highest BCUT2D eigenvalue weighted by molar-refractivity contribution is 7.91. The predicted molar refractivity (Wildman–Crippen MR) is 78.3 cm³/mol. The summed E-state index contributed by atoms with van der Waals surface area (Å²) in [5.41, 5.74) is 0. The number of rotatable bonds is 6. The number of H-pyrrole nitrogens is 1. The molecule has 0 bridgehead atoms. The molecule has 0 unspecified atom stereocenters. The summed E-state index contributed by atoms with van der Waals surface area (Å²) >= 11 is 0. The molecule has 0 aliphatic carbocycles. The maximum Gasteiger partial charge on any atom is 0.151 e. The lowest BCUT2D eigenvalue weighted by Gasteiger charge is -2.22. The number of hydrogen-bond acceptors (Lipinski definition) is 5. The largest absolute Gasteiger partial charge is 0.302 e. The summed E-state index contributed by atoms with van der Waals surface area (Å²) in [4.78, 5) is 6.58. The molecule has 1 saturated heterocycles. The molecule has 6 nitrogen and oxygen atoms in total. The second-order valence-electron chi connectivity index (χ2n) is 6.08. The Morgan fingerprint density at radius 3 is 2.80 bits per heavy atom. The van der Waals surface area contributed by atoms with E-state index in [4.69, 9.17) is 0 Å². The van der Waals surface area contributed by atoms with Gasteiger partial charge in [0.1, 0.15) is 5.82 Å². The van der Waals surface area contributed by atoms with Gasteiger partial charge in [-0.1, -0.05) is 13.8 Å². The van der Waals surface area contributed by atoms with Crippen molar-refractivity contribution < 1.29 is 8.42 Å². The summed E-state index contributed by atoms with van der Waals surface area (Å²) in [6.45, 7) is 5.09. The quantitative estimate of drug-likeness (QED) is 0.835. The molecule has 7 heteroatoms. The second kappa shape index (κ2) is 6.22. The lowest BCUT2D eigenvalue weighted by molar-refractivity contribution is 0.264. The van der Waals surface area contributed by atoms with Crippen molar-refractivity contribution in [3.8, 4) is 0 Å². The third-order valence-electron chi connectivity index (χ3n) is 3.70. The van der Waals surface area contributed by atoms with Crippen LogP contribution in [0.25, 0.3) is 0 Å². The highest BCUT2D eigenvalue weighted by atomic mass is 32.2. The Morgan fingerprint density at radius 2 is 2.20 bits per heavy atom. The van der Waals surface area contributed by atoms with Crippen molar-refractivity contribution in [2.24, 2.45) is 5.92 Å². The average molecular weight is 300 g/mol. The Labute approximate surface area is 120 Å². The fraction of sp³-hybridized carbons (Fsp3) is 0.846. The number of sulfone groups is 1. The van der Waals surface area contributed by atoms with Crippen LogP contribution < -0.4 is 0 Å². The third-order valence-corrected chi connectivity index (χ3v) is 5.45. The molecule has 20 heavy (non-hydrogen) atoms.